The van der Waals surface area contributed by atoms with Crippen LogP contribution in [0.1, 0.15) is 33.3 Å². The molecule has 2 N–H and O–H groups in total. The highest BCUT2D eigenvalue weighted by Crippen LogP contribution is 2.25. The van der Waals surface area contributed by atoms with Crippen molar-refractivity contribution in [2.45, 2.75) is 19.4 Å². The number of nitrogens with one attached hydrogen (secondary N) is 2. The molecular formula is C20H21ClN2O2. The van der Waals surface area contributed by atoms with E-state index >= 15 is 0 Å². The number of carbonyl (C=O) groups excluding carboxylic acids is 1. The lowest BCUT2D eigenvalue weighted by Gasteiger charge is -2.27. The van der Waals surface area contributed by atoms with Gasteiger partial charge in [-0.25, -0.2) is 0 Å². The van der Waals surface area contributed by atoms with Crippen LogP contribution in [0.15, 0.2) is 52.9 Å². The summed E-state index contributed by atoms with van der Waals surface area (Å²) in [7, 11) is 0. The maximum atomic E-state index is 12.6. The number of amides is 1. The third kappa shape index (κ3) is 3.28. The molecule has 25 heavy (non-hydrogen) atoms. The van der Waals surface area contributed by atoms with E-state index in [1.165, 1.54) is 11.1 Å². The van der Waals surface area contributed by atoms with Gasteiger partial charge in [-0.05, 0) is 37.1 Å². The highest BCUT2D eigenvalue weighted by molar-refractivity contribution is 5.98. The Kier molecular flexibility index (Phi) is 5.11. The Balaban J connectivity index is 0.00000182. The average molecular weight is 357 g/mol. The maximum absolute atomic E-state index is 12.6. The summed E-state index contributed by atoms with van der Waals surface area (Å²) >= 11 is 0. The van der Waals surface area contributed by atoms with Crippen molar-refractivity contribution in [1.82, 2.24) is 10.6 Å². The highest BCUT2D eigenvalue weighted by atomic mass is 35.5. The highest BCUT2D eigenvalue weighted by Gasteiger charge is 2.22. The van der Waals surface area contributed by atoms with Gasteiger partial charge in [0, 0.05) is 23.5 Å². The van der Waals surface area contributed by atoms with E-state index < -0.39 is 0 Å². The van der Waals surface area contributed by atoms with Crippen molar-refractivity contribution in [2.75, 3.05) is 13.1 Å². The molecule has 5 heteroatoms. The average Bonchev–Trinajstić information content (AvgIpc) is 2.97. The molecule has 0 saturated carbocycles. The first-order valence-electron chi connectivity index (χ1n) is 8.31. The van der Waals surface area contributed by atoms with Crippen molar-refractivity contribution in [2.24, 2.45) is 0 Å². The molecule has 0 bridgehead atoms. The predicted molar refractivity (Wildman–Crippen MR) is 101 cm³/mol. The van der Waals surface area contributed by atoms with Crippen LogP contribution in [0.25, 0.3) is 11.0 Å². The third-order valence-electron chi connectivity index (χ3n) is 4.73. The number of rotatable bonds is 3. The van der Waals surface area contributed by atoms with Crippen LogP contribution in [0.2, 0.25) is 0 Å². The Morgan fingerprint density at radius 3 is 2.80 bits per heavy atom. The molecule has 0 aliphatic carbocycles. The van der Waals surface area contributed by atoms with E-state index in [1.807, 2.05) is 37.3 Å². The van der Waals surface area contributed by atoms with Gasteiger partial charge < -0.3 is 15.1 Å². The molecule has 2 aromatic carbocycles. The molecule has 1 unspecified atom stereocenters. The summed E-state index contributed by atoms with van der Waals surface area (Å²) < 4.78 is 5.74. The summed E-state index contributed by atoms with van der Waals surface area (Å²) in [6.45, 7) is 3.41. The minimum absolute atomic E-state index is 0. The molecule has 0 fully saturated rings. The molecule has 2 heterocycles. The number of furan rings is 1. The Bertz CT molecular complexity index is 904. The molecule has 0 spiro atoms. The number of carbonyl (C=O) groups is 1. The van der Waals surface area contributed by atoms with Gasteiger partial charge in [-0.3, -0.25) is 4.79 Å². The van der Waals surface area contributed by atoms with Crippen molar-refractivity contribution in [3.8, 4) is 0 Å². The molecule has 1 aromatic heterocycles. The quantitative estimate of drug-likeness (QED) is 0.751. The van der Waals surface area contributed by atoms with Crippen LogP contribution in [-0.2, 0) is 6.42 Å². The standard InChI is InChI=1S/C20H20N2O2.ClH/c1-13-15-7-4-5-9-18(15)24-19(13)20(23)22-12-17-16-8-3-2-6-14(16)10-11-21-17;/h2-9,17,21H,10-12H2,1H3,(H,22,23);1H. The molecule has 1 aliphatic rings. The van der Waals surface area contributed by atoms with Crippen LogP contribution in [0.5, 0.6) is 0 Å². The van der Waals surface area contributed by atoms with Gasteiger partial charge >= 0.3 is 0 Å². The molecule has 0 radical (unpaired) electrons. The van der Waals surface area contributed by atoms with Crippen molar-refractivity contribution >= 4 is 29.3 Å². The summed E-state index contributed by atoms with van der Waals surface area (Å²) in [5, 5.41) is 7.48. The van der Waals surface area contributed by atoms with Gasteiger partial charge in [-0.15, -0.1) is 12.4 Å². The first-order valence-corrected chi connectivity index (χ1v) is 8.31. The van der Waals surface area contributed by atoms with Crippen LogP contribution in [0.3, 0.4) is 0 Å². The molecule has 4 nitrogen and oxygen atoms in total. The molecular weight excluding hydrogens is 336 g/mol. The molecule has 4 rings (SSSR count). The van der Waals surface area contributed by atoms with Crippen LogP contribution >= 0.6 is 12.4 Å². The van der Waals surface area contributed by atoms with E-state index in [0.717, 1.165) is 29.5 Å². The fraction of sp³-hybridized carbons (Fsp3) is 0.250. The molecule has 1 amide bonds. The number of hydrogen-bond acceptors (Lipinski definition) is 3. The topological polar surface area (TPSA) is 54.3 Å². The van der Waals surface area contributed by atoms with Gasteiger partial charge in [0.2, 0.25) is 0 Å². The number of aryl methyl sites for hydroxylation is 1. The number of benzene rings is 2. The predicted octanol–water partition coefficient (Wildman–Crippen LogP) is 3.78. The smallest absolute Gasteiger partial charge is 0.287 e. The lowest BCUT2D eigenvalue weighted by atomic mass is 9.94. The van der Waals surface area contributed by atoms with Gasteiger partial charge in [0.25, 0.3) is 5.91 Å². The van der Waals surface area contributed by atoms with Crippen molar-refractivity contribution in [1.29, 1.82) is 0 Å². The molecule has 1 atom stereocenters. The lowest BCUT2D eigenvalue weighted by molar-refractivity contribution is 0.0922. The maximum Gasteiger partial charge on any atom is 0.287 e. The van der Waals surface area contributed by atoms with Crippen LogP contribution in [0, 0.1) is 6.92 Å². The summed E-state index contributed by atoms with van der Waals surface area (Å²) in [6, 6.07) is 16.3. The Labute approximate surface area is 153 Å². The van der Waals surface area contributed by atoms with E-state index in [9.17, 15) is 4.79 Å². The first kappa shape index (κ1) is 17.5. The SMILES string of the molecule is Cc1c(C(=O)NCC2NCCc3ccccc32)oc2ccccc12.Cl. The first-order chi connectivity index (χ1) is 11.7. The second-order valence-corrected chi connectivity index (χ2v) is 6.22. The van der Waals surface area contributed by atoms with Gasteiger partial charge in [-0.1, -0.05) is 42.5 Å². The van der Waals surface area contributed by atoms with Gasteiger partial charge in [-0.2, -0.15) is 0 Å². The minimum atomic E-state index is -0.159. The van der Waals surface area contributed by atoms with E-state index in [1.54, 1.807) is 0 Å². The van der Waals surface area contributed by atoms with Gasteiger partial charge in [0.05, 0.1) is 0 Å². The minimum Gasteiger partial charge on any atom is -0.451 e. The monoisotopic (exact) mass is 356 g/mol. The summed E-state index contributed by atoms with van der Waals surface area (Å²) in [5.41, 5.74) is 4.27. The molecule has 3 aromatic rings. The second kappa shape index (κ2) is 7.30. The molecule has 0 saturated heterocycles. The fourth-order valence-corrected chi connectivity index (χ4v) is 3.44. The van der Waals surface area contributed by atoms with E-state index in [4.69, 9.17) is 4.42 Å². The van der Waals surface area contributed by atoms with Crippen molar-refractivity contribution in [3.05, 3.63) is 71.0 Å². The normalized spacial score (nSPS) is 16.1. The third-order valence-corrected chi connectivity index (χ3v) is 4.73. The van der Waals surface area contributed by atoms with Gasteiger partial charge in [0.15, 0.2) is 5.76 Å². The number of hydrogen-bond donors (Lipinski definition) is 2. The Hall–Kier alpha value is -2.30. The summed E-state index contributed by atoms with van der Waals surface area (Å²) in [6.07, 6.45) is 1.03. The number of para-hydroxylation sites is 1. The van der Waals surface area contributed by atoms with E-state index in [0.29, 0.717) is 12.3 Å². The lowest BCUT2D eigenvalue weighted by Crippen LogP contribution is -2.38. The summed E-state index contributed by atoms with van der Waals surface area (Å²) in [5.74, 6) is 0.244. The molecule has 130 valence electrons. The zero-order valence-electron chi connectivity index (χ0n) is 14.0. The zero-order valence-corrected chi connectivity index (χ0v) is 14.9. The Morgan fingerprint density at radius 2 is 1.96 bits per heavy atom. The van der Waals surface area contributed by atoms with Crippen LogP contribution in [-0.4, -0.2) is 19.0 Å². The largest absolute Gasteiger partial charge is 0.451 e. The van der Waals surface area contributed by atoms with Crippen LogP contribution in [0.4, 0.5) is 0 Å². The van der Waals surface area contributed by atoms with Crippen molar-refractivity contribution in [3.63, 3.8) is 0 Å². The fourth-order valence-electron chi connectivity index (χ4n) is 3.44. The summed E-state index contributed by atoms with van der Waals surface area (Å²) in [4.78, 5) is 12.6. The Morgan fingerprint density at radius 1 is 1.20 bits per heavy atom. The van der Waals surface area contributed by atoms with Crippen molar-refractivity contribution < 1.29 is 9.21 Å². The van der Waals surface area contributed by atoms with Crippen LogP contribution < -0.4 is 10.6 Å². The van der Waals surface area contributed by atoms with Gasteiger partial charge in [0.1, 0.15) is 5.58 Å². The second-order valence-electron chi connectivity index (χ2n) is 6.22. The van der Waals surface area contributed by atoms with E-state index in [-0.39, 0.29) is 24.4 Å². The molecule has 1 aliphatic heterocycles. The number of halogens is 1. The number of fused-ring (bicyclic) bond motifs is 2. The zero-order chi connectivity index (χ0) is 16.5. The van der Waals surface area contributed by atoms with E-state index in [2.05, 4.69) is 28.8 Å².